The number of carbonyl (C=O) groups is 1. The number of hydrogen-bond donors (Lipinski definition) is 1. The summed E-state index contributed by atoms with van der Waals surface area (Å²) in [6.45, 7) is 2.25. The van der Waals surface area contributed by atoms with Gasteiger partial charge in [0.1, 0.15) is 6.54 Å². The lowest BCUT2D eigenvalue weighted by molar-refractivity contribution is -0.119. The minimum Gasteiger partial charge on any atom is -0.354 e. The summed E-state index contributed by atoms with van der Waals surface area (Å²) in [5.74, 6) is -0.151. The number of fused-ring (bicyclic) bond motifs is 1. The van der Waals surface area contributed by atoms with Crippen molar-refractivity contribution in [3.05, 3.63) is 77.3 Å². The SMILES string of the molecule is CC(CNC(=O)CN(c1ccc(Cl)cc1)S(C)(=O)=O)Cc1cccc2ccccc12. The van der Waals surface area contributed by atoms with Gasteiger partial charge in [-0.2, -0.15) is 0 Å². The molecule has 0 heterocycles. The Morgan fingerprint density at radius 2 is 1.70 bits per heavy atom. The summed E-state index contributed by atoms with van der Waals surface area (Å²) in [5, 5.41) is 5.77. The van der Waals surface area contributed by atoms with Gasteiger partial charge in [0, 0.05) is 11.6 Å². The second-order valence-electron chi connectivity index (χ2n) is 7.50. The maximum atomic E-state index is 12.5. The number of benzene rings is 3. The molecule has 3 aromatic rings. The number of carbonyl (C=O) groups excluding carboxylic acids is 1. The molecule has 0 aliphatic carbocycles. The predicted octanol–water partition coefficient (Wildman–Crippen LogP) is 4.25. The Morgan fingerprint density at radius 3 is 2.40 bits per heavy atom. The summed E-state index contributed by atoms with van der Waals surface area (Å²) < 4.78 is 25.4. The van der Waals surface area contributed by atoms with Crippen molar-refractivity contribution < 1.29 is 13.2 Å². The smallest absolute Gasteiger partial charge is 0.240 e. The highest BCUT2D eigenvalue weighted by molar-refractivity contribution is 7.92. The molecule has 0 spiro atoms. The van der Waals surface area contributed by atoms with Crippen molar-refractivity contribution in [2.75, 3.05) is 23.7 Å². The van der Waals surface area contributed by atoms with Crippen molar-refractivity contribution in [1.29, 1.82) is 0 Å². The van der Waals surface area contributed by atoms with Gasteiger partial charge in [-0.1, -0.05) is 61.0 Å². The minimum atomic E-state index is -3.61. The van der Waals surface area contributed by atoms with Crippen molar-refractivity contribution in [3.63, 3.8) is 0 Å². The molecule has 0 aromatic heterocycles. The molecule has 158 valence electrons. The Kier molecular flexibility index (Phi) is 7.00. The summed E-state index contributed by atoms with van der Waals surface area (Å²) >= 11 is 5.88. The molecule has 0 fully saturated rings. The molecule has 30 heavy (non-hydrogen) atoms. The molecule has 1 amide bonds. The van der Waals surface area contributed by atoms with Crippen LogP contribution in [0.4, 0.5) is 5.69 Å². The summed E-state index contributed by atoms with van der Waals surface area (Å²) in [4.78, 5) is 12.5. The van der Waals surface area contributed by atoms with E-state index in [0.717, 1.165) is 17.0 Å². The highest BCUT2D eigenvalue weighted by atomic mass is 35.5. The number of nitrogens with one attached hydrogen (secondary N) is 1. The summed E-state index contributed by atoms with van der Waals surface area (Å²) in [6.07, 6.45) is 1.90. The number of halogens is 1. The number of rotatable bonds is 8. The van der Waals surface area contributed by atoms with Crippen LogP contribution in [-0.4, -0.2) is 33.7 Å². The number of anilines is 1. The van der Waals surface area contributed by atoms with Gasteiger partial charge in [0.05, 0.1) is 11.9 Å². The highest BCUT2D eigenvalue weighted by Crippen LogP contribution is 2.22. The Hall–Kier alpha value is -2.57. The molecule has 0 radical (unpaired) electrons. The lowest BCUT2D eigenvalue weighted by atomic mass is 9.96. The Morgan fingerprint density at radius 1 is 1.03 bits per heavy atom. The van der Waals surface area contributed by atoms with Gasteiger partial charge in [-0.3, -0.25) is 9.10 Å². The van der Waals surface area contributed by atoms with E-state index in [2.05, 4.69) is 36.5 Å². The first-order chi connectivity index (χ1) is 14.2. The third-order valence-corrected chi connectivity index (χ3v) is 6.29. The molecular weight excluding hydrogens is 420 g/mol. The lowest BCUT2D eigenvalue weighted by Gasteiger charge is -2.22. The predicted molar refractivity (Wildman–Crippen MR) is 123 cm³/mol. The number of amides is 1. The molecule has 7 heteroatoms. The number of nitrogens with zero attached hydrogens (tertiary/aromatic N) is 1. The highest BCUT2D eigenvalue weighted by Gasteiger charge is 2.21. The van der Waals surface area contributed by atoms with Crippen LogP contribution in [-0.2, 0) is 21.2 Å². The van der Waals surface area contributed by atoms with E-state index >= 15 is 0 Å². The van der Waals surface area contributed by atoms with Gasteiger partial charge in [0.15, 0.2) is 0 Å². The van der Waals surface area contributed by atoms with E-state index in [-0.39, 0.29) is 18.4 Å². The molecule has 0 saturated carbocycles. The first kappa shape index (κ1) is 22.1. The average molecular weight is 445 g/mol. The molecule has 3 aromatic carbocycles. The lowest BCUT2D eigenvalue weighted by Crippen LogP contribution is -2.41. The van der Waals surface area contributed by atoms with Gasteiger partial charge in [-0.05, 0) is 52.9 Å². The summed E-state index contributed by atoms with van der Waals surface area (Å²) in [6, 6.07) is 20.8. The van der Waals surface area contributed by atoms with E-state index in [1.165, 1.54) is 16.3 Å². The third-order valence-electron chi connectivity index (χ3n) is 4.90. The Balaban J connectivity index is 1.61. The Bertz CT molecular complexity index is 1130. The molecule has 1 unspecified atom stereocenters. The zero-order valence-electron chi connectivity index (χ0n) is 17.0. The quantitative estimate of drug-likeness (QED) is 0.564. The maximum Gasteiger partial charge on any atom is 0.240 e. The fourth-order valence-corrected chi connectivity index (χ4v) is 4.38. The first-order valence-corrected chi connectivity index (χ1v) is 11.9. The van der Waals surface area contributed by atoms with Crippen molar-refractivity contribution in [2.24, 2.45) is 5.92 Å². The van der Waals surface area contributed by atoms with E-state index < -0.39 is 10.0 Å². The molecule has 1 N–H and O–H groups in total. The van der Waals surface area contributed by atoms with Crippen LogP contribution >= 0.6 is 11.6 Å². The third kappa shape index (κ3) is 5.74. The van der Waals surface area contributed by atoms with E-state index in [4.69, 9.17) is 11.6 Å². The minimum absolute atomic E-state index is 0.196. The normalized spacial score (nSPS) is 12.5. The van der Waals surface area contributed by atoms with Gasteiger partial charge >= 0.3 is 0 Å². The van der Waals surface area contributed by atoms with Crippen molar-refractivity contribution in [2.45, 2.75) is 13.3 Å². The van der Waals surface area contributed by atoms with Gasteiger partial charge in [0.2, 0.25) is 15.9 Å². The Labute approximate surface area is 182 Å². The van der Waals surface area contributed by atoms with Crippen LogP contribution in [0.1, 0.15) is 12.5 Å². The fourth-order valence-electron chi connectivity index (χ4n) is 3.40. The molecule has 0 aliphatic heterocycles. The standard InChI is InChI=1S/C23H25ClN2O3S/c1-17(14-19-8-5-7-18-6-3-4-9-22(18)19)15-25-23(27)16-26(30(2,28)29)21-12-10-20(24)11-13-21/h3-13,17H,14-16H2,1-2H3,(H,25,27). The van der Waals surface area contributed by atoms with E-state index in [1.54, 1.807) is 24.3 Å². The van der Waals surface area contributed by atoms with Gasteiger partial charge in [0.25, 0.3) is 0 Å². The topological polar surface area (TPSA) is 66.5 Å². The van der Waals surface area contributed by atoms with Crippen LogP contribution in [0.5, 0.6) is 0 Å². The zero-order chi connectivity index (χ0) is 21.7. The summed E-state index contributed by atoms with van der Waals surface area (Å²) in [7, 11) is -3.61. The fraction of sp³-hybridized carbons (Fsp3) is 0.261. The second-order valence-corrected chi connectivity index (χ2v) is 9.84. The van der Waals surface area contributed by atoms with Crippen LogP contribution < -0.4 is 9.62 Å². The number of sulfonamides is 1. The van der Waals surface area contributed by atoms with Crippen molar-refractivity contribution in [1.82, 2.24) is 5.32 Å². The molecule has 1 atom stereocenters. The van der Waals surface area contributed by atoms with Crippen LogP contribution in [0.25, 0.3) is 10.8 Å². The maximum absolute atomic E-state index is 12.5. The average Bonchev–Trinajstić information content (AvgIpc) is 2.71. The molecule has 0 bridgehead atoms. The van der Waals surface area contributed by atoms with Crippen LogP contribution in [0.2, 0.25) is 5.02 Å². The van der Waals surface area contributed by atoms with Crippen molar-refractivity contribution in [3.8, 4) is 0 Å². The van der Waals surface area contributed by atoms with E-state index in [9.17, 15) is 13.2 Å². The van der Waals surface area contributed by atoms with E-state index in [0.29, 0.717) is 17.3 Å². The van der Waals surface area contributed by atoms with Crippen LogP contribution in [0, 0.1) is 5.92 Å². The molecule has 3 rings (SSSR count). The van der Waals surface area contributed by atoms with Gasteiger partial charge in [-0.15, -0.1) is 0 Å². The second kappa shape index (κ2) is 9.49. The monoisotopic (exact) mass is 444 g/mol. The van der Waals surface area contributed by atoms with Crippen molar-refractivity contribution >= 4 is 44.0 Å². The van der Waals surface area contributed by atoms with Gasteiger partial charge in [-0.25, -0.2) is 8.42 Å². The van der Waals surface area contributed by atoms with E-state index in [1.807, 2.05) is 18.2 Å². The van der Waals surface area contributed by atoms with Gasteiger partial charge < -0.3 is 5.32 Å². The van der Waals surface area contributed by atoms with Crippen LogP contribution in [0.3, 0.4) is 0 Å². The molecule has 0 saturated heterocycles. The molecule has 5 nitrogen and oxygen atoms in total. The van der Waals surface area contributed by atoms with Crippen LogP contribution in [0.15, 0.2) is 66.7 Å². The largest absolute Gasteiger partial charge is 0.354 e. The zero-order valence-corrected chi connectivity index (χ0v) is 18.6. The number of hydrogen-bond acceptors (Lipinski definition) is 3. The molecular formula is C23H25ClN2O3S. The molecule has 0 aliphatic rings. The summed E-state index contributed by atoms with van der Waals surface area (Å²) in [5.41, 5.74) is 1.63. The first-order valence-electron chi connectivity index (χ1n) is 9.70.